The van der Waals surface area contributed by atoms with Crippen molar-refractivity contribution in [2.75, 3.05) is 13.0 Å². The van der Waals surface area contributed by atoms with E-state index in [0.717, 1.165) is 22.4 Å². The van der Waals surface area contributed by atoms with Gasteiger partial charge in [-0.2, -0.15) is 0 Å². The molecule has 1 aromatic heterocycles. The highest BCUT2D eigenvalue weighted by Gasteiger charge is 2.14. The first-order valence-electron chi connectivity index (χ1n) is 9.08. The first-order valence-corrected chi connectivity index (χ1v) is 10.1. The monoisotopic (exact) mass is 412 g/mol. The van der Waals surface area contributed by atoms with E-state index >= 15 is 0 Å². The first-order chi connectivity index (χ1) is 13.9. The Morgan fingerprint density at radius 2 is 1.86 bits per heavy atom. The summed E-state index contributed by atoms with van der Waals surface area (Å²) in [6.45, 7) is 5.80. The van der Waals surface area contributed by atoms with Crippen molar-refractivity contribution in [3.8, 4) is 11.5 Å². The van der Waals surface area contributed by atoms with Crippen LogP contribution in [0.2, 0.25) is 0 Å². The number of aryl methyl sites for hydroxylation is 2. The van der Waals surface area contributed by atoms with Gasteiger partial charge in [-0.05, 0) is 62.2 Å². The van der Waals surface area contributed by atoms with Gasteiger partial charge in [0.1, 0.15) is 18.1 Å². The molecule has 0 fully saturated rings. The summed E-state index contributed by atoms with van der Waals surface area (Å²) in [7, 11) is 1.60. The molecule has 0 radical (unpaired) electrons. The molecule has 0 spiro atoms. The Morgan fingerprint density at radius 1 is 1.14 bits per heavy atom. The van der Waals surface area contributed by atoms with E-state index in [9.17, 15) is 4.79 Å². The number of aromatic nitrogens is 3. The molecule has 152 valence electrons. The summed E-state index contributed by atoms with van der Waals surface area (Å²) < 4.78 is 12.6. The molecule has 8 heteroatoms. The summed E-state index contributed by atoms with van der Waals surface area (Å²) in [5.74, 6) is 8.70. The summed E-state index contributed by atoms with van der Waals surface area (Å²) in [4.78, 5) is 11.7. The van der Waals surface area contributed by atoms with Gasteiger partial charge in [-0.3, -0.25) is 4.79 Å². The fraction of sp³-hybridized carbons (Fsp3) is 0.286. The molecule has 0 bridgehead atoms. The van der Waals surface area contributed by atoms with Crippen LogP contribution in [0, 0.1) is 13.8 Å². The average Bonchev–Trinajstić information content (AvgIpc) is 3.03. The molecule has 1 heterocycles. The van der Waals surface area contributed by atoms with E-state index in [2.05, 4.69) is 16.3 Å². The molecular formula is C21H24N4O3S. The van der Waals surface area contributed by atoms with Gasteiger partial charge in [0.15, 0.2) is 11.6 Å². The highest BCUT2D eigenvalue weighted by Crippen LogP contribution is 2.28. The van der Waals surface area contributed by atoms with E-state index in [1.165, 1.54) is 23.4 Å². The van der Waals surface area contributed by atoms with Gasteiger partial charge in [0.05, 0.1) is 7.11 Å². The molecule has 0 atom stereocenters. The van der Waals surface area contributed by atoms with Crippen LogP contribution in [-0.4, -0.2) is 27.8 Å². The highest BCUT2D eigenvalue weighted by molar-refractivity contribution is 7.98. The third-order valence-corrected chi connectivity index (χ3v) is 5.33. The number of benzene rings is 2. The molecule has 2 aromatic carbocycles. The lowest BCUT2D eigenvalue weighted by Gasteiger charge is -2.10. The maximum Gasteiger partial charge on any atom is 0.210 e. The van der Waals surface area contributed by atoms with Crippen molar-refractivity contribution < 1.29 is 14.3 Å². The molecule has 7 nitrogen and oxygen atoms in total. The summed E-state index contributed by atoms with van der Waals surface area (Å²) in [5, 5.41) is 8.84. The molecule has 29 heavy (non-hydrogen) atoms. The maximum atomic E-state index is 11.7. The number of nitrogens with zero attached hydrogens (tertiary/aromatic N) is 3. The van der Waals surface area contributed by atoms with E-state index in [1.807, 2.05) is 32.0 Å². The molecule has 2 N–H and O–H groups in total. The number of ketones is 1. The number of ether oxygens (including phenoxy) is 2. The Hall–Kier alpha value is -3.00. The number of hydrogen-bond donors (Lipinski definition) is 1. The molecule has 0 aliphatic heterocycles. The highest BCUT2D eigenvalue weighted by atomic mass is 32.2. The standard InChI is InChI=1S/C21H24N4O3S/c1-13-7-14(2)9-18(8-13)28-11-20-23-24-21(25(20)22)29-12-17-10-16(15(3)26)5-6-19(17)27-4/h5-10H,11-12,22H2,1-4H3. The van der Waals surface area contributed by atoms with Gasteiger partial charge in [0.25, 0.3) is 0 Å². The van der Waals surface area contributed by atoms with Gasteiger partial charge in [-0.1, -0.05) is 17.8 Å². The largest absolute Gasteiger partial charge is 0.496 e. The van der Waals surface area contributed by atoms with Crippen LogP contribution in [-0.2, 0) is 12.4 Å². The topological polar surface area (TPSA) is 92.3 Å². The normalized spacial score (nSPS) is 10.8. The van der Waals surface area contributed by atoms with E-state index in [-0.39, 0.29) is 12.4 Å². The van der Waals surface area contributed by atoms with E-state index in [4.69, 9.17) is 15.3 Å². The quantitative estimate of drug-likeness (QED) is 0.343. The van der Waals surface area contributed by atoms with Gasteiger partial charge in [0, 0.05) is 16.9 Å². The lowest BCUT2D eigenvalue weighted by atomic mass is 10.1. The van der Waals surface area contributed by atoms with E-state index in [0.29, 0.717) is 28.0 Å². The Balaban J connectivity index is 1.68. The zero-order chi connectivity index (χ0) is 21.0. The van der Waals surface area contributed by atoms with Crippen molar-refractivity contribution in [3.63, 3.8) is 0 Å². The number of methoxy groups -OCH3 is 1. The fourth-order valence-electron chi connectivity index (χ4n) is 2.92. The van der Waals surface area contributed by atoms with Crippen molar-refractivity contribution in [3.05, 3.63) is 64.5 Å². The number of nitrogens with two attached hydrogens (primary N) is 1. The van der Waals surface area contributed by atoms with Gasteiger partial charge in [-0.15, -0.1) is 10.2 Å². The summed E-state index contributed by atoms with van der Waals surface area (Å²) in [6, 6.07) is 11.4. The lowest BCUT2D eigenvalue weighted by molar-refractivity contribution is 0.101. The minimum Gasteiger partial charge on any atom is -0.496 e. The first kappa shape index (κ1) is 20.7. The molecule has 0 saturated carbocycles. The average molecular weight is 413 g/mol. The SMILES string of the molecule is COc1ccc(C(C)=O)cc1CSc1nnc(COc2cc(C)cc(C)c2)n1N. The van der Waals surface area contributed by atoms with Crippen LogP contribution in [0.5, 0.6) is 11.5 Å². The molecule has 0 aliphatic carbocycles. The number of Topliss-reactive ketones (excluding diaryl/α,β-unsaturated/α-hetero) is 1. The maximum absolute atomic E-state index is 11.7. The Bertz CT molecular complexity index is 1010. The smallest absolute Gasteiger partial charge is 0.210 e. The van der Waals surface area contributed by atoms with Crippen LogP contribution < -0.4 is 15.3 Å². The van der Waals surface area contributed by atoms with Crippen LogP contribution >= 0.6 is 11.8 Å². The van der Waals surface area contributed by atoms with Crippen LogP contribution in [0.3, 0.4) is 0 Å². The number of rotatable bonds is 8. The second-order valence-electron chi connectivity index (χ2n) is 6.75. The van der Waals surface area contributed by atoms with Crippen LogP contribution in [0.4, 0.5) is 0 Å². The predicted octanol–water partition coefficient (Wildman–Crippen LogP) is 3.69. The van der Waals surface area contributed by atoms with Crippen LogP contribution in [0.25, 0.3) is 0 Å². The van der Waals surface area contributed by atoms with Gasteiger partial charge in [0.2, 0.25) is 5.16 Å². The number of nitrogen functional groups attached to an aromatic ring is 1. The van der Waals surface area contributed by atoms with Crippen molar-refractivity contribution in [1.29, 1.82) is 0 Å². The van der Waals surface area contributed by atoms with Crippen molar-refractivity contribution in [2.45, 2.75) is 38.3 Å². The second kappa shape index (κ2) is 9.00. The van der Waals surface area contributed by atoms with Crippen molar-refractivity contribution in [1.82, 2.24) is 14.9 Å². The summed E-state index contributed by atoms with van der Waals surface area (Å²) >= 11 is 1.41. The number of carbonyl (C=O) groups is 1. The third kappa shape index (κ3) is 5.08. The molecule has 0 aliphatic rings. The van der Waals surface area contributed by atoms with Crippen molar-refractivity contribution >= 4 is 17.5 Å². The van der Waals surface area contributed by atoms with E-state index < -0.39 is 0 Å². The fourth-order valence-corrected chi connectivity index (χ4v) is 3.77. The predicted molar refractivity (Wildman–Crippen MR) is 113 cm³/mol. The summed E-state index contributed by atoms with van der Waals surface area (Å²) in [5.41, 5.74) is 3.79. The number of thioether (sulfide) groups is 1. The zero-order valence-corrected chi connectivity index (χ0v) is 17.7. The molecule has 0 unspecified atom stereocenters. The molecule has 3 rings (SSSR count). The van der Waals surface area contributed by atoms with E-state index in [1.54, 1.807) is 19.2 Å². The second-order valence-corrected chi connectivity index (χ2v) is 7.69. The van der Waals surface area contributed by atoms with Gasteiger partial charge in [-0.25, -0.2) is 4.68 Å². The zero-order valence-electron chi connectivity index (χ0n) is 16.9. The number of hydrogen-bond acceptors (Lipinski definition) is 7. The van der Waals surface area contributed by atoms with Crippen LogP contribution in [0.15, 0.2) is 41.6 Å². The van der Waals surface area contributed by atoms with Crippen LogP contribution in [0.1, 0.15) is 39.8 Å². The van der Waals surface area contributed by atoms with Crippen molar-refractivity contribution in [2.24, 2.45) is 0 Å². The summed E-state index contributed by atoms with van der Waals surface area (Å²) in [6.07, 6.45) is 0. The molecular weight excluding hydrogens is 388 g/mol. The molecule has 3 aromatic rings. The van der Waals surface area contributed by atoms with Gasteiger partial charge >= 0.3 is 0 Å². The lowest BCUT2D eigenvalue weighted by Crippen LogP contribution is -2.15. The van der Waals surface area contributed by atoms with Gasteiger partial charge < -0.3 is 15.3 Å². The third-order valence-electron chi connectivity index (χ3n) is 4.34. The Labute approximate surface area is 174 Å². The number of carbonyl (C=O) groups excluding carboxylic acids is 1. The molecule has 0 amide bonds. The molecule has 0 saturated heterocycles. The Kier molecular flexibility index (Phi) is 6.43. The Morgan fingerprint density at radius 3 is 2.52 bits per heavy atom. The minimum absolute atomic E-state index is 0.00622. The minimum atomic E-state index is 0.00622.